The Hall–Kier alpha value is -1.33. The quantitative estimate of drug-likeness (QED) is 0.848. The molecule has 1 aromatic carbocycles. The van der Waals surface area contributed by atoms with Gasteiger partial charge in [0.05, 0.1) is 5.69 Å². The normalized spacial score (nSPS) is 10.6. The number of nitrogens with one attached hydrogen (secondary N) is 1. The number of nitrogens with zero attached hydrogens (tertiary/aromatic N) is 2. The van der Waals surface area contributed by atoms with Crippen LogP contribution >= 0.6 is 27.5 Å². The zero-order chi connectivity index (χ0) is 14.7. The van der Waals surface area contributed by atoms with Crippen LogP contribution in [0, 0.1) is 6.92 Å². The first-order chi connectivity index (χ1) is 9.52. The van der Waals surface area contributed by atoms with E-state index >= 15 is 0 Å². The lowest BCUT2D eigenvalue weighted by Gasteiger charge is -2.14. The fourth-order valence-corrected chi connectivity index (χ4v) is 2.62. The molecule has 0 aliphatic rings. The number of aromatic nitrogens is 2. The molecule has 0 amide bonds. The summed E-state index contributed by atoms with van der Waals surface area (Å²) in [5, 5.41) is 3.98. The van der Waals surface area contributed by atoms with Gasteiger partial charge in [0.25, 0.3) is 0 Å². The van der Waals surface area contributed by atoms with E-state index < -0.39 is 0 Å². The molecule has 0 atom stereocenters. The molecule has 0 saturated heterocycles. The summed E-state index contributed by atoms with van der Waals surface area (Å²) in [7, 11) is 0. The largest absolute Gasteiger partial charge is 0.383 e. The van der Waals surface area contributed by atoms with Gasteiger partial charge in [0.1, 0.15) is 18.0 Å². The predicted molar refractivity (Wildman–Crippen MR) is 87.6 cm³/mol. The highest BCUT2D eigenvalue weighted by Crippen LogP contribution is 2.32. The second kappa shape index (κ2) is 6.41. The second-order valence-electron chi connectivity index (χ2n) is 4.54. The molecule has 0 saturated carbocycles. The van der Waals surface area contributed by atoms with Crippen LogP contribution in [0.1, 0.15) is 24.5 Å². The zero-order valence-electron chi connectivity index (χ0n) is 11.4. The Morgan fingerprint density at radius 1 is 1.35 bits per heavy atom. The second-order valence-corrected chi connectivity index (χ2v) is 5.80. The van der Waals surface area contributed by atoms with Crippen molar-refractivity contribution in [3.8, 4) is 0 Å². The van der Waals surface area contributed by atoms with Gasteiger partial charge < -0.3 is 11.1 Å². The minimum absolute atomic E-state index is 0.513. The van der Waals surface area contributed by atoms with Gasteiger partial charge in [0, 0.05) is 15.1 Å². The molecule has 0 spiro atoms. The van der Waals surface area contributed by atoms with Gasteiger partial charge in [0.2, 0.25) is 0 Å². The van der Waals surface area contributed by atoms with Crippen LogP contribution in [-0.4, -0.2) is 9.97 Å². The van der Waals surface area contributed by atoms with Crippen molar-refractivity contribution in [1.82, 2.24) is 9.97 Å². The number of benzene rings is 1. The summed E-state index contributed by atoms with van der Waals surface area (Å²) in [6.45, 7) is 4.05. The summed E-state index contributed by atoms with van der Waals surface area (Å²) >= 11 is 9.69. The molecule has 0 fully saturated rings. The summed E-state index contributed by atoms with van der Waals surface area (Å²) in [5.74, 6) is 1.23. The summed E-state index contributed by atoms with van der Waals surface area (Å²) in [6, 6.07) is 3.84. The van der Waals surface area contributed by atoms with E-state index in [4.69, 9.17) is 17.3 Å². The number of nitrogens with two attached hydrogens (primary N) is 1. The Morgan fingerprint density at radius 3 is 2.80 bits per heavy atom. The minimum Gasteiger partial charge on any atom is -0.383 e. The van der Waals surface area contributed by atoms with Crippen LogP contribution in [0.15, 0.2) is 22.9 Å². The minimum atomic E-state index is 0.513. The van der Waals surface area contributed by atoms with E-state index in [-0.39, 0.29) is 0 Å². The average Bonchev–Trinajstić information content (AvgIpc) is 2.40. The van der Waals surface area contributed by atoms with E-state index in [9.17, 15) is 0 Å². The number of hydrogen-bond donors (Lipinski definition) is 2. The van der Waals surface area contributed by atoms with Gasteiger partial charge in [-0.05, 0) is 47.0 Å². The van der Waals surface area contributed by atoms with Crippen LogP contribution in [0.4, 0.5) is 17.3 Å². The highest BCUT2D eigenvalue weighted by molar-refractivity contribution is 9.10. The Labute approximate surface area is 131 Å². The van der Waals surface area contributed by atoms with E-state index in [0.29, 0.717) is 10.8 Å². The smallest absolute Gasteiger partial charge is 0.139 e. The van der Waals surface area contributed by atoms with Crippen LogP contribution in [-0.2, 0) is 6.42 Å². The van der Waals surface area contributed by atoms with Gasteiger partial charge in [-0.2, -0.15) is 0 Å². The summed E-state index contributed by atoms with van der Waals surface area (Å²) in [4.78, 5) is 8.32. The van der Waals surface area contributed by atoms with Gasteiger partial charge in [0.15, 0.2) is 0 Å². The molecule has 0 bridgehead atoms. The molecular formula is C14H16BrClN4. The average molecular weight is 356 g/mol. The molecular weight excluding hydrogens is 340 g/mol. The van der Waals surface area contributed by atoms with Crippen LogP contribution < -0.4 is 11.1 Å². The lowest BCUT2D eigenvalue weighted by atomic mass is 10.1. The van der Waals surface area contributed by atoms with Crippen LogP contribution in [0.2, 0.25) is 5.02 Å². The number of aryl methyl sites for hydroxylation is 1. The van der Waals surface area contributed by atoms with Crippen molar-refractivity contribution >= 4 is 44.9 Å². The van der Waals surface area contributed by atoms with Crippen LogP contribution in [0.25, 0.3) is 0 Å². The van der Waals surface area contributed by atoms with Crippen molar-refractivity contribution in [1.29, 1.82) is 0 Å². The maximum atomic E-state index is 6.17. The molecule has 106 valence electrons. The Bertz CT molecular complexity index is 631. The zero-order valence-corrected chi connectivity index (χ0v) is 13.7. The fourth-order valence-electron chi connectivity index (χ4n) is 1.90. The summed E-state index contributed by atoms with van der Waals surface area (Å²) < 4.78 is 0.930. The monoisotopic (exact) mass is 354 g/mol. The third-order valence-electron chi connectivity index (χ3n) is 2.98. The number of hydrogen-bond acceptors (Lipinski definition) is 4. The van der Waals surface area contributed by atoms with E-state index in [1.165, 1.54) is 6.33 Å². The lowest BCUT2D eigenvalue weighted by molar-refractivity contribution is 0.908. The fraction of sp³-hybridized carbons (Fsp3) is 0.286. The van der Waals surface area contributed by atoms with Crippen molar-refractivity contribution in [2.24, 2.45) is 0 Å². The first-order valence-corrected chi connectivity index (χ1v) is 7.52. The topological polar surface area (TPSA) is 63.8 Å². The molecule has 2 rings (SSSR count). The SMILES string of the molecule is CCCc1c(N)ncnc1Nc1cc(Cl)c(C)cc1Br. The van der Waals surface area contributed by atoms with Gasteiger partial charge >= 0.3 is 0 Å². The Kier molecular flexibility index (Phi) is 4.83. The Morgan fingerprint density at radius 2 is 2.10 bits per heavy atom. The molecule has 2 aromatic rings. The number of anilines is 3. The number of rotatable bonds is 4. The van der Waals surface area contributed by atoms with Crippen molar-refractivity contribution in [2.75, 3.05) is 11.1 Å². The third kappa shape index (κ3) is 3.22. The van der Waals surface area contributed by atoms with E-state index in [1.54, 1.807) is 0 Å². The molecule has 0 aliphatic heterocycles. The number of halogens is 2. The molecule has 20 heavy (non-hydrogen) atoms. The summed E-state index contributed by atoms with van der Waals surface area (Å²) in [6.07, 6.45) is 3.26. The highest BCUT2D eigenvalue weighted by atomic mass is 79.9. The van der Waals surface area contributed by atoms with Crippen molar-refractivity contribution in [2.45, 2.75) is 26.7 Å². The molecule has 1 aromatic heterocycles. The molecule has 3 N–H and O–H groups in total. The Balaban J connectivity index is 2.40. The molecule has 4 nitrogen and oxygen atoms in total. The predicted octanol–water partition coefficient (Wildman–Crippen LogP) is 4.48. The lowest BCUT2D eigenvalue weighted by Crippen LogP contribution is -2.05. The van der Waals surface area contributed by atoms with Crippen molar-refractivity contribution in [3.05, 3.63) is 39.1 Å². The van der Waals surface area contributed by atoms with Gasteiger partial charge in [-0.15, -0.1) is 0 Å². The molecule has 0 unspecified atom stereocenters. The van der Waals surface area contributed by atoms with E-state index in [2.05, 4.69) is 38.1 Å². The molecule has 0 aliphatic carbocycles. The van der Waals surface area contributed by atoms with Gasteiger partial charge in [-0.1, -0.05) is 24.9 Å². The molecule has 0 radical (unpaired) electrons. The molecule has 1 heterocycles. The molecule has 6 heteroatoms. The standard InChI is InChI=1S/C14H16BrClN4/c1-3-4-9-13(17)18-7-19-14(9)20-12-6-11(16)8(2)5-10(12)15/h5-7H,3-4H2,1-2H3,(H3,17,18,19,20). The van der Waals surface area contributed by atoms with Crippen molar-refractivity contribution in [3.63, 3.8) is 0 Å². The van der Waals surface area contributed by atoms with Crippen molar-refractivity contribution < 1.29 is 0 Å². The summed E-state index contributed by atoms with van der Waals surface area (Å²) in [5.41, 5.74) is 8.72. The van der Waals surface area contributed by atoms with Crippen LogP contribution in [0.5, 0.6) is 0 Å². The van der Waals surface area contributed by atoms with E-state index in [1.807, 2.05) is 19.1 Å². The third-order valence-corrected chi connectivity index (χ3v) is 4.04. The maximum Gasteiger partial charge on any atom is 0.139 e. The van der Waals surface area contributed by atoms with Gasteiger partial charge in [-0.3, -0.25) is 0 Å². The number of nitrogen functional groups attached to an aromatic ring is 1. The van der Waals surface area contributed by atoms with Crippen LogP contribution in [0.3, 0.4) is 0 Å². The maximum absolute atomic E-state index is 6.17. The van der Waals surface area contributed by atoms with Gasteiger partial charge in [-0.25, -0.2) is 9.97 Å². The highest BCUT2D eigenvalue weighted by Gasteiger charge is 2.11. The first-order valence-electron chi connectivity index (χ1n) is 6.35. The first kappa shape index (κ1) is 15.1. The van der Waals surface area contributed by atoms with E-state index in [0.717, 1.165) is 39.9 Å².